The predicted molar refractivity (Wildman–Crippen MR) is 181 cm³/mol. The molecular formula is C37H65NO8. The Morgan fingerprint density at radius 2 is 1.39 bits per heavy atom. The monoisotopic (exact) mass is 651 g/mol. The second-order valence-corrected chi connectivity index (χ2v) is 13.5. The number of nitrogens with one attached hydrogen (secondary N) is 1. The zero-order valence-electron chi connectivity index (χ0n) is 28.4. The molecule has 0 heterocycles. The summed E-state index contributed by atoms with van der Waals surface area (Å²) in [4.78, 5) is 12.9. The molecule has 1 aliphatic carbocycles. The van der Waals surface area contributed by atoms with Crippen LogP contribution in [0.2, 0.25) is 0 Å². The van der Waals surface area contributed by atoms with Crippen molar-refractivity contribution in [1.29, 1.82) is 0 Å². The number of benzene rings is 1. The Bertz CT molecular complexity index is 887. The molecule has 0 radical (unpaired) electrons. The SMILES string of the molecule is CCCCCCCCCCCCCC[C@@H](O)[C@@H](O)[C@H](CO[C@H]1C[C@H](CO)[C@H](O)[C@H](O)[C@H]1O)NC(=O)CCCCCc1ccccc1. The normalized spacial score (nSPS) is 23.6. The van der Waals surface area contributed by atoms with E-state index in [1.807, 2.05) is 18.2 Å². The van der Waals surface area contributed by atoms with Crippen LogP contribution in [0.25, 0.3) is 0 Å². The average molecular weight is 652 g/mol. The summed E-state index contributed by atoms with van der Waals surface area (Å²) in [6.07, 6.45) is 11.3. The van der Waals surface area contributed by atoms with Crippen LogP contribution < -0.4 is 5.32 Å². The molecule has 7 N–H and O–H groups in total. The molecule has 2 rings (SSSR count). The summed E-state index contributed by atoms with van der Waals surface area (Å²) in [5.41, 5.74) is 1.26. The predicted octanol–water partition coefficient (Wildman–Crippen LogP) is 4.57. The van der Waals surface area contributed by atoms with E-state index in [9.17, 15) is 35.4 Å². The zero-order chi connectivity index (χ0) is 33.6. The molecule has 1 aromatic rings. The number of amides is 1. The van der Waals surface area contributed by atoms with E-state index in [1.165, 1.54) is 63.4 Å². The van der Waals surface area contributed by atoms with Crippen molar-refractivity contribution in [2.75, 3.05) is 13.2 Å². The third-order valence-corrected chi connectivity index (χ3v) is 9.54. The summed E-state index contributed by atoms with van der Waals surface area (Å²) >= 11 is 0. The van der Waals surface area contributed by atoms with Crippen molar-refractivity contribution in [3.8, 4) is 0 Å². The molecule has 0 saturated heterocycles. The van der Waals surface area contributed by atoms with Crippen molar-refractivity contribution in [1.82, 2.24) is 5.32 Å². The van der Waals surface area contributed by atoms with E-state index in [-0.39, 0.29) is 32.0 Å². The summed E-state index contributed by atoms with van der Waals surface area (Å²) in [5, 5.41) is 65.2. The summed E-state index contributed by atoms with van der Waals surface area (Å²) in [7, 11) is 0. The third kappa shape index (κ3) is 16.0. The molecule has 0 aromatic heterocycles. The third-order valence-electron chi connectivity index (χ3n) is 9.54. The molecule has 1 aliphatic rings. The first-order chi connectivity index (χ1) is 22.3. The van der Waals surface area contributed by atoms with Gasteiger partial charge < -0.3 is 40.7 Å². The number of carbonyl (C=O) groups is 1. The smallest absolute Gasteiger partial charge is 0.220 e. The Morgan fingerprint density at radius 3 is 2.00 bits per heavy atom. The Morgan fingerprint density at radius 1 is 0.804 bits per heavy atom. The van der Waals surface area contributed by atoms with Gasteiger partial charge in [0.05, 0.1) is 31.0 Å². The standard InChI is InChI=1S/C37H65NO8/c1-2-3-4-5-6-7-8-9-10-11-12-18-23-31(40)35(43)30(27-46-32-25-29(26-39)34(42)37(45)36(32)44)38-33(41)24-19-14-17-22-28-20-15-13-16-21-28/h13,15-16,20-21,29-32,34-37,39-40,42-45H,2-12,14,17-19,22-27H2,1H3,(H,38,41)/t29-,30+,31-,32+,34+,35+,36+,37+/m1/s1. The van der Waals surface area contributed by atoms with Crippen LogP contribution in [0.1, 0.15) is 128 Å². The highest BCUT2D eigenvalue weighted by Gasteiger charge is 2.43. The molecule has 1 amide bonds. The number of aliphatic hydroxyl groups excluding tert-OH is 6. The van der Waals surface area contributed by atoms with E-state index < -0.39 is 48.6 Å². The molecule has 266 valence electrons. The molecule has 1 fully saturated rings. The van der Waals surface area contributed by atoms with E-state index in [4.69, 9.17) is 4.74 Å². The Hall–Kier alpha value is -1.59. The molecule has 0 bridgehead atoms. The maximum absolute atomic E-state index is 12.9. The number of aliphatic hydroxyl groups is 6. The first-order valence-corrected chi connectivity index (χ1v) is 18.2. The van der Waals surface area contributed by atoms with Gasteiger partial charge in [-0.15, -0.1) is 0 Å². The Labute approximate surface area is 277 Å². The highest BCUT2D eigenvalue weighted by atomic mass is 16.5. The fourth-order valence-electron chi connectivity index (χ4n) is 6.43. The minimum absolute atomic E-state index is 0.107. The minimum atomic E-state index is -1.49. The second-order valence-electron chi connectivity index (χ2n) is 13.5. The van der Waals surface area contributed by atoms with Crippen LogP contribution in [-0.2, 0) is 16.0 Å². The van der Waals surface area contributed by atoms with Gasteiger partial charge in [0.1, 0.15) is 18.3 Å². The van der Waals surface area contributed by atoms with Crippen LogP contribution >= 0.6 is 0 Å². The Balaban J connectivity index is 1.79. The average Bonchev–Trinajstić information content (AvgIpc) is 3.06. The van der Waals surface area contributed by atoms with Gasteiger partial charge in [0.2, 0.25) is 5.91 Å². The first-order valence-electron chi connectivity index (χ1n) is 18.2. The maximum Gasteiger partial charge on any atom is 0.220 e. The van der Waals surface area contributed by atoms with E-state index in [0.29, 0.717) is 12.8 Å². The minimum Gasteiger partial charge on any atom is -0.396 e. The molecule has 8 atom stereocenters. The van der Waals surface area contributed by atoms with Gasteiger partial charge in [-0.25, -0.2) is 0 Å². The molecule has 0 unspecified atom stereocenters. The number of aryl methyl sites for hydroxylation is 1. The molecule has 1 aromatic carbocycles. The molecule has 0 aliphatic heterocycles. The van der Waals surface area contributed by atoms with E-state index in [1.54, 1.807) is 0 Å². The molecule has 0 spiro atoms. The maximum atomic E-state index is 12.9. The molecule has 9 heteroatoms. The summed E-state index contributed by atoms with van der Waals surface area (Å²) < 4.78 is 5.87. The zero-order valence-corrected chi connectivity index (χ0v) is 28.4. The van der Waals surface area contributed by atoms with E-state index in [2.05, 4.69) is 24.4 Å². The van der Waals surface area contributed by atoms with Crippen LogP contribution in [0.5, 0.6) is 0 Å². The van der Waals surface area contributed by atoms with E-state index >= 15 is 0 Å². The van der Waals surface area contributed by atoms with Crippen molar-refractivity contribution >= 4 is 5.91 Å². The van der Waals surface area contributed by atoms with Crippen molar-refractivity contribution in [3.63, 3.8) is 0 Å². The lowest BCUT2D eigenvalue weighted by molar-refractivity contribution is -0.182. The quantitative estimate of drug-likeness (QED) is 0.0718. The number of rotatable bonds is 26. The lowest BCUT2D eigenvalue weighted by atomic mass is 9.81. The number of hydrogen-bond acceptors (Lipinski definition) is 8. The number of carbonyl (C=O) groups excluding carboxylic acids is 1. The molecule has 46 heavy (non-hydrogen) atoms. The van der Waals surface area contributed by atoms with Gasteiger partial charge in [-0.05, 0) is 37.7 Å². The van der Waals surface area contributed by atoms with Crippen LogP contribution in [0.15, 0.2) is 30.3 Å². The van der Waals surface area contributed by atoms with Gasteiger partial charge in [0.25, 0.3) is 0 Å². The van der Waals surface area contributed by atoms with Crippen LogP contribution in [0.3, 0.4) is 0 Å². The van der Waals surface area contributed by atoms with Crippen LogP contribution in [0.4, 0.5) is 0 Å². The first kappa shape index (κ1) is 40.6. The van der Waals surface area contributed by atoms with Crippen molar-refractivity contribution in [2.45, 2.75) is 172 Å². The van der Waals surface area contributed by atoms with Gasteiger partial charge in [-0.3, -0.25) is 4.79 Å². The highest BCUT2D eigenvalue weighted by molar-refractivity contribution is 5.76. The Kier molecular flexibility index (Phi) is 21.6. The van der Waals surface area contributed by atoms with Crippen molar-refractivity contribution in [2.24, 2.45) is 5.92 Å². The van der Waals surface area contributed by atoms with Crippen LogP contribution in [-0.4, -0.2) is 92.4 Å². The second kappa shape index (κ2) is 24.5. The van der Waals surface area contributed by atoms with Gasteiger partial charge >= 0.3 is 0 Å². The highest BCUT2D eigenvalue weighted by Crippen LogP contribution is 2.28. The van der Waals surface area contributed by atoms with Gasteiger partial charge in [0, 0.05) is 18.9 Å². The van der Waals surface area contributed by atoms with Crippen molar-refractivity contribution < 1.29 is 40.2 Å². The lowest BCUT2D eigenvalue weighted by Gasteiger charge is -2.40. The molecular weight excluding hydrogens is 586 g/mol. The van der Waals surface area contributed by atoms with Gasteiger partial charge in [0.15, 0.2) is 0 Å². The van der Waals surface area contributed by atoms with Crippen molar-refractivity contribution in [3.05, 3.63) is 35.9 Å². The van der Waals surface area contributed by atoms with Gasteiger partial charge in [-0.1, -0.05) is 121 Å². The lowest BCUT2D eigenvalue weighted by Crippen LogP contribution is -2.57. The fourth-order valence-corrected chi connectivity index (χ4v) is 6.43. The van der Waals surface area contributed by atoms with Crippen LogP contribution in [0, 0.1) is 5.92 Å². The topological polar surface area (TPSA) is 160 Å². The number of ether oxygens (including phenoxy) is 1. The number of hydrogen-bond donors (Lipinski definition) is 7. The summed E-state index contributed by atoms with van der Waals surface area (Å²) in [6, 6.07) is 9.28. The number of unbranched alkanes of at least 4 members (excludes halogenated alkanes) is 13. The summed E-state index contributed by atoms with van der Waals surface area (Å²) in [6.45, 7) is 1.66. The van der Waals surface area contributed by atoms with E-state index in [0.717, 1.165) is 38.5 Å². The van der Waals surface area contributed by atoms with Gasteiger partial charge in [-0.2, -0.15) is 0 Å². The fraction of sp³-hybridized carbons (Fsp3) is 0.811. The summed E-state index contributed by atoms with van der Waals surface area (Å²) in [5.74, 6) is -0.925. The molecule has 9 nitrogen and oxygen atoms in total. The largest absolute Gasteiger partial charge is 0.396 e. The molecule has 1 saturated carbocycles.